The maximum absolute atomic E-state index is 8.89. The lowest BCUT2D eigenvalue weighted by atomic mass is 10.3. The molecule has 0 bridgehead atoms. The zero-order valence-corrected chi connectivity index (χ0v) is 12.8. The van der Waals surface area contributed by atoms with Gasteiger partial charge in [0.05, 0.1) is 18.8 Å². The zero-order chi connectivity index (χ0) is 15.2. The first kappa shape index (κ1) is 18.9. The van der Waals surface area contributed by atoms with E-state index in [-0.39, 0.29) is 6.10 Å². The minimum atomic E-state index is -0.407. The van der Waals surface area contributed by atoms with Gasteiger partial charge >= 0.3 is 0 Å². The average Bonchev–Trinajstić information content (AvgIpc) is 2.43. The molecule has 0 fully saturated rings. The van der Waals surface area contributed by atoms with Crippen molar-refractivity contribution in [2.75, 3.05) is 19.8 Å². The first-order valence-corrected chi connectivity index (χ1v) is 7.18. The highest BCUT2D eigenvalue weighted by Gasteiger charge is 1.95. The minimum absolute atomic E-state index is 0.318. The third kappa shape index (κ3) is 13.3. The van der Waals surface area contributed by atoms with E-state index in [2.05, 4.69) is 6.92 Å². The van der Waals surface area contributed by atoms with Gasteiger partial charge in [-0.3, -0.25) is 0 Å². The highest BCUT2D eigenvalue weighted by molar-refractivity contribution is 5.20. The maximum Gasteiger partial charge on any atom is 0.119 e. The number of rotatable bonds is 8. The number of benzene rings is 1. The van der Waals surface area contributed by atoms with Crippen molar-refractivity contribution in [2.45, 2.75) is 45.8 Å². The van der Waals surface area contributed by atoms with E-state index in [0.717, 1.165) is 25.2 Å². The summed E-state index contributed by atoms with van der Waals surface area (Å²) < 4.78 is 10.3. The van der Waals surface area contributed by atoms with Gasteiger partial charge in [0, 0.05) is 6.61 Å². The monoisotopic (exact) mass is 284 g/mol. The molecule has 116 valence electrons. The van der Waals surface area contributed by atoms with E-state index in [4.69, 9.17) is 19.7 Å². The van der Waals surface area contributed by atoms with Gasteiger partial charge in [0.2, 0.25) is 0 Å². The van der Waals surface area contributed by atoms with E-state index in [1.807, 2.05) is 30.3 Å². The highest BCUT2D eigenvalue weighted by Crippen LogP contribution is 2.07. The van der Waals surface area contributed by atoms with Crippen molar-refractivity contribution in [3.05, 3.63) is 30.3 Å². The van der Waals surface area contributed by atoms with Crippen LogP contribution in [0.3, 0.4) is 0 Å². The van der Waals surface area contributed by atoms with E-state index >= 15 is 0 Å². The average molecular weight is 284 g/mol. The molecule has 2 atom stereocenters. The summed E-state index contributed by atoms with van der Waals surface area (Å²) in [4.78, 5) is 0. The summed E-state index contributed by atoms with van der Waals surface area (Å²) in [5.41, 5.74) is 0. The summed E-state index contributed by atoms with van der Waals surface area (Å²) in [5.74, 6) is 0.799. The van der Waals surface area contributed by atoms with Crippen LogP contribution < -0.4 is 4.74 Å². The molecule has 2 N–H and O–H groups in total. The van der Waals surface area contributed by atoms with Gasteiger partial charge in [-0.25, -0.2) is 0 Å². The van der Waals surface area contributed by atoms with Crippen LogP contribution in [-0.2, 0) is 4.74 Å². The Morgan fingerprint density at radius 2 is 1.60 bits per heavy atom. The predicted molar refractivity (Wildman–Crippen MR) is 81.0 cm³/mol. The third-order valence-electron chi connectivity index (χ3n) is 2.24. The van der Waals surface area contributed by atoms with E-state index in [0.29, 0.717) is 13.2 Å². The lowest BCUT2D eigenvalue weighted by molar-refractivity contribution is 0.0450. The van der Waals surface area contributed by atoms with Gasteiger partial charge in [0.25, 0.3) is 0 Å². The summed E-state index contributed by atoms with van der Waals surface area (Å²) in [6.07, 6.45) is 1.52. The Balaban J connectivity index is 0.000000370. The van der Waals surface area contributed by atoms with Crippen LogP contribution in [0.2, 0.25) is 0 Å². The molecule has 0 heterocycles. The number of aliphatic hydroxyl groups excluding tert-OH is 2. The van der Waals surface area contributed by atoms with Crippen molar-refractivity contribution in [1.29, 1.82) is 0 Å². The van der Waals surface area contributed by atoms with Crippen molar-refractivity contribution >= 4 is 0 Å². The quantitative estimate of drug-likeness (QED) is 0.721. The number of ether oxygens (including phenoxy) is 2. The first-order chi connectivity index (χ1) is 9.56. The van der Waals surface area contributed by atoms with Gasteiger partial charge in [-0.2, -0.15) is 0 Å². The van der Waals surface area contributed by atoms with E-state index in [1.165, 1.54) is 0 Å². The normalized spacial score (nSPS) is 13.1. The SMILES string of the molecule is CC(O)COc1ccccc1.CCCCOCC(C)O. The number of hydrogen-bond donors (Lipinski definition) is 2. The molecule has 0 aromatic heterocycles. The molecular weight excluding hydrogens is 256 g/mol. The van der Waals surface area contributed by atoms with Crippen molar-refractivity contribution in [1.82, 2.24) is 0 Å². The molecule has 0 radical (unpaired) electrons. The summed E-state index contributed by atoms with van der Waals surface area (Å²) in [6, 6.07) is 9.45. The molecule has 0 aliphatic heterocycles. The Bertz CT molecular complexity index is 299. The Kier molecular flexibility index (Phi) is 12.2. The van der Waals surface area contributed by atoms with Gasteiger partial charge in [0.15, 0.2) is 0 Å². The number of para-hydroxylation sites is 1. The fourth-order valence-corrected chi connectivity index (χ4v) is 1.23. The lowest BCUT2D eigenvalue weighted by Crippen LogP contribution is -2.12. The second kappa shape index (κ2) is 12.9. The number of hydrogen-bond acceptors (Lipinski definition) is 4. The van der Waals surface area contributed by atoms with Gasteiger partial charge in [0.1, 0.15) is 12.4 Å². The van der Waals surface area contributed by atoms with Crippen molar-refractivity contribution in [3.8, 4) is 5.75 Å². The van der Waals surface area contributed by atoms with Crippen LogP contribution in [0.1, 0.15) is 33.6 Å². The molecule has 4 nitrogen and oxygen atoms in total. The van der Waals surface area contributed by atoms with Crippen LogP contribution in [0.5, 0.6) is 5.75 Å². The van der Waals surface area contributed by atoms with Crippen LogP contribution in [0.4, 0.5) is 0 Å². The van der Waals surface area contributed by atoms with Gasteiger partial charge in [-0.15, -0.1) is 0 Å². The molecule has 0 aliphatic carbocycles. The summed E-state index contributed by atoms with van der Waals surface area (Å²) >= 11 is 0. The van der Waals surface area contributed by atoms with E-state index in [1.54, 1.807) is 13.8 Å². The topological polar surface area (TPSA) is 58.9 Å². The largest absolute Gasteiger partial charge is 0.491 e. The molecule has 2 unspecified atom stereocenters. The summed E-state index contributed by atoms with van der Waals surface area (Å²) in [6.45, 7) is 7.14. The third-order valence-corrected chi connectivity index (χ3v) is 2.24. The molecule has 1 aromatic carbocycles. The lowest BCUT2D eigenvalue weighted by Gasteiger charge is -2.06. The minimum Gasteiger partial charge on any atom is -0.491 e. The van der Waals surface area contributed by atoms with Crippen LogP contribution in [0, 0.1) is 0 Å². The fourth-order valence-electron chi connectivity index (χ4n) is 1.23. The number of aliphatic hydroxyl groups is 2. The summed E-state index contributed by atoms with van der Waals surface area (Å²) in [5, 5.41) is 17.6. The second-order valence-electron chi connectivity index (χ2n) is 4.75. The molecule has 1 rings (SSSR count). The van der Waals surface area contributed by atoms with E-state index in [9.17, 15) is 0 Å². The van der Waals surface area contributed by atoms with Crippen molar-refractivity contribution in [3.63, 3.8) is 0 Å². The molecular formula is C16H28O4. The van der Waals surface area contributed by atoms with Crippen LogP contribution in [0.25, 0.3) is 0 Å². The van der Waals surface area contributed by atoms with Gasteiger partial charge in [-0.1, -0.05) is 31.5 Å². The van der Waals surface area contributed by atoms with Gasteiger partial charge < -0.3 is 19.7 Å². The van der Waals surface area contributed by atoms with Crippen molar-refractivity contribution in [2.24, 2.45) is 0 Å². The molecule has 0 saturated carbocycles. The van der Waals surface area contributed by atoms with Crippen molar-refractivity contribution < 1.29 is 19.7 Å². The summed E-state index contributed by atoms with van der Waals surface area (Å²) in [7, 11) is 0. The Labute approximate surface area is 122 Å². The van der Waals surface area contributed by atoms with Crippen LogP contribution in [0.15, 0.2) is 30.3 Å². The molecule has 1 aromatic rings. The molecule has 20 heavy (non-hydrogen) atoms. The first-order valence-electron chi connectivity index (χ1n) is 7.18. The molecule has 0 saturated heterocycles. The fraction of sp³-hybridized carbons (Fsp3) is 0.625. The Morgan fingerprint density at radius 3 is 2.10 bits per heavy atom. The molecule has 4 heteroatoms. The standard InChI is InChI=1S/C9H12O2.C7H16O2/c1-8(10)7-11-9-5-3-2-4-6-9;1-3-4-5-9-6-7(2)8/h2-6,8,10H,7H2,1H3;7-8H,3-6H2,1-2H3. The van der Waals surface area contributed by atoms with Crippen LogP contribution in [-0.4, -0.2) is 42.2 Å². The maximum atomic E-state index is 8.89. The zero-order valence-electron chi connectivity index (χ0n) is 12.8. The Morgan fingerprint density at radius 1 is 1.00 bits per heavy atom. The van der Waals surface area contributed by atoms with E-state index < -0.39 is 6.10 Å². The van der Waals surface area contributed by atoms with Gasteiger partial charge in [-0.05, 0) is 32.4 Å². The van der Waals surface area contributed by atoms with Crippen LogP contribution >= 0.6 is 0 Å². The molecule has 0 amide bonds. The molecule has 0 aliphatic rings. The molecule has 0 spiro atoms. The predicted octanol–water partition coefficient (Wildman–Crippen LogP) is 2.63. The second-order valence-corrected chi connectivity index (χ2v) is 4.75. The highest BCUT2D eigenvalue weighted by atomic mass is 16.5. The smallest absolute Gasteiger partial charge is 0.119 e. The Hall–Kier alpha value is -1.10. The number of unbranched alkanes of at least 4 members (excludes halogenated alkanes) is 1.